The van der Waals surface area contributed by atoms with Crippen molar-refractivity contribution in [2.24, 2.45) is 0 Å². The number of H-pyrrole nitrogens is 1. The molecule has 4 aromatic rings. The second-order valence-corrected chi connectivity index (χ2v) is 7.88. The molecule has 4 rings (SSSR count). The number of ketones is 1. The molecule has 0 spiro atoms. The number of nitrogens with zero attached hydrogens (tertiary/aromatic N) is 3. The Kier molecular flexibility index (Phi) is 6.00. The zero-order valence-corrected chi connectivity index (χ0v) is 19.3. The summed E-state index contributed by atoms with van der Waals surface area (Å²) in [6.07, 6.45) is 3.68. The molecule has 0 saturated carbocycles. The average Bonchev–Trinajstić information content (AvgIpc) is 3.17. The highest BCUT2D eigenvalue weighted by Gasteiger charge is 2.22. The van der Waals surface area contributed by atoms with Gasteiger partial charge in [-0.2, -0.15) is 0 Å². The highest BCUT2D eigenvalue weighted by Crippen LogP contribution is 2.40. The maximum atomic E-state index is 12.7. The van der Waals surface area contributed by atoms with Crippen LogP contribution in [0.5, 0.6) is 5.88 Å². The number of carbonyl (C=O) groups is 2. The van der Waals surface area contributed by atoms with Crippen LogP contribution in [0.1, 0.15) is 30.6 Å². The van der Waals surface area contributed by atoms with E-state index in [-0.39, 0.29) is 11.7 Å². The summed E-state index contributed by atoms with van der Waals surface area (Å²) in [7, 11) is 1.56. The number of fused-ring (bicyclic) bond motifs is 1. The van der Waals surface area contributed by atoms with E-state index in [0.717, 1.165) is 22.4 Å². The first-order chi connectivity index (χ1) is 15.4. The molecule has 2 N–H and O–H groups in total. The van der Waals surface area contributed by atoms with Crippen molar-refractivity contribution in [2.45, 2.75) is 20.3 Å². The van der Waals surface area contributed by atoms with Crippen molar-refractivity contribution in [1.29, 1.82) is 0 Å². The molecule has 1 amide bonds. The van der Waals surface area contributed by atoms with Crippen LogP contribution in [0.25, 0.3) is 33.4 Å². The van der Waals surface area contributed by atoms with Crippen LogP contribution in [-0.4, -0.2) is 38.7 Å². The van der Waals surface area contributed by atoms with Crippen molar-refractivity contribution in [2.75, 3.05) is 12.4 Å². The van der Waals surface area contributed by atoms with E-state index in [0.29, 0.717) is 39.3 Å². The number of anilines is 1. The van der Waals surface area contributed by atoms with Crippen LogP contribution < -0.4 is 10.1 Å². The van der Waals surface area contributed by atoms with Gasteiger partial charge in [-0.05, 0) is 40.2 Å². The van der Waals surface area contributed by atoms with Crippen molar-refractivity contribution in [1.82, 2.24) is 19.9 Å². The predicted molar refractivity (Wildman–Crippen MR) is 126 cm³/mol. The summed E-state index contributed by atoms with van der Waals surface area (Å²) in [5.41, 5.74) is 4.91. The molecule has 4 aromatic heterocycles. The molecule has 0 aliphatic heterocycles. The van der Waals surface area contributed by atoms with Gasteiger partial charge in [0.2, 0.25) is 11.8 Å². The molecule has 0 saturated heterocycles. The third-order valence-electron chi connectivity index (χ3n) is 4.93. The molecular formula is C23H20BrN5O3. The van der Waals surface area contributed by atoms with Gasteiger partial charge in [-0.3, -0.25) is 9.59 Å². The van der Waals surface area contributed by atoms with E-state index in [9.17, 15) is 9.59 Å². The number of aromatic amines is 1. The lowest BCUT2D eigenvalue weighted by Gasteiger charge is -2.08. The first kappa shape index (κ1) is 21.6. The standard InChI is InChI=1S/C23H20BrN5O3/c1-4-16(31)15-10-17(24)28-23-20(14-5-6-19(32-3)26-11-14)21(29-22(15)23)13-7-8-25-18(9-13)27-12(2)30/h5-11,29H,4H2,1-3H3,(H,25,27,30). The minimum Gasteiger partial charge on any atom is -0.481 e. The minimum atomic E-state index is -0.215. The lowest BCUT2D eigenvalue weighted by molar-refractivity contribution is -0.114. The molecule has 0 fully saturated rings. The molecule has 0 aromatic carbocycles. The van der Waals surface area contributed by atoms with Crippen molar-refractivity contribution < 1.29 is 14.3 Å². The number of hydrogen-bond donors (Lipinski definition) is 2. The summed E-state index contributed by atoms with van der Waals surface area (Å²) in [6, 6.07) is 8.97. The number of pyridine rings is 3. The molecule has 162 valence electrons. The summed E-state index contributed by atoms with van der Waals surface area (Å²) in [6.45, 7) is 3.25. The van der Waals surface area contributed by atoms with Gasteiger partial charge in [-0.25, -0.2) is 15.0 Å². The summed E-state index contributed by atoms with van der Waals surface area (Å²) in [4.78, 5) is 40.8. The Labute approximate surface area is 192 Å². The Morgan fingerprint density at radius 2 is 1.97 bits per heavy atom. The molecule has 0 unspecified atom stereocenters. The zero-order chi connectivity index (χ0) is 22.8. The van der Waals surface area contributed by atoms with Crippen LogP contribution in [0.4, 0.5) is 5.82 Å². The maximum absolute atomic E-state index is 12.7. The van der Waals surface area contributed by atoms with Crippen molar-refractivity contribution in [3.8, 4) is 28.3 Å². The third-order valence-corrected chi connectivity index (χ3v) is 5.34. The second-order valence-electron chi connectivity index (χ2n) is 7.07. The lowest BCUT2D eigenvalue weighted by atomic mass is 10.0. The number of methoxy groups -OCH3 is 1. The topological polar surface area (TPSA) is 110 Å². The maximum Gasteiger partial charge on any atom is 0.222 e. The predicted octanol–water partition coefficient (Wildman–Crippen LogP) is 5.01. The van der Waals surface area contributed by atoms with Gasteiger partial charge < -0.3 is 15.0 Å². The second kappa shape index (κ2) is 8.88. The number of hydrogen-bond acceptors (Lipinski definition) is 6. The molecule has 8 nitrogen and oxygen atoms in total. The Balaban J connectivity index is 2.03. The molecule has 0 aliphatic carbocycles. The van der Waals surface area contributed by atoms with Gasteiger partial charge in [0.25, 0.3) is 0 Å². The van der Waals surface area contributed by atoms with Crippen LogP contribution in [0, 0.1) is 0 Å². The van der Waals surface area contributed by atoms with E-state index in [4.69, 9.17) is 4.74 Å². The minimum absolute atomic E-state index is 0.000954. The quantitative estimate of drug-likeness (QED) is 0.288. The number of ether oxygens (including phenoxy) is 1. The van der Waals surface area contributed by atoms with Gasteiger partial charge in [0, 0.05) is 54.1 Å². The SMILES string of the molecule is CCC(=O)c1cc(Br)nc2c(-c3ccc(OC)nc3)c(-c3ccnc(NC(C)=O)c3)[nH]c12. The molecular weight excluding hydrogens is 474 g/mol. The van der Waals surface area contributed by atoms with Crippen molar-refractivity contribution >= 4 is 44.5 Å². The smallest absolute Gasteiger partial charge is 0.222 e. The molecule has 0 radical (unpaired) electrons. The van der Waals surface area contributed by atoms with Gasteiger partial charge in [-0.1, -0.05) is 6.92 Å². The Morgan fingerprint density at radius 3 is 2.62 bits per heavy atom. The molecule has 4 heterocycles. The monoisotopic (exact) mass is 493 g/mol. The fourth-order valence-electron chi connectivity index (χ4n) is 3.52. The largest absolute Gasteiger partial charge is 0.481 e. The van der Waals surface area contributed by atoms with Crippen LogP contribution in [0.15, 0.2) is 47.3 Å². The van der Waals surface area contributed by atoms with Crippen molar-refractivity contribution in [3.63, 3.8) is 0 Å². The number of carbonyl (C=O) groups excluding carboxylic acids is 2. The number of Topliss-reactive ketones (excluding diaryl/α,β-unsaturated/α-hetero) is 1. The van der Waals surface area contributed by atoms with Gasteiger partial charge in [0.05, 0.1) is 23.8 Å². The van der Waals surface area contributed by atoms with E-state index in [1.165, 1.54) is 6.92 Å². The summed E-state index contributed by atoms with van der Waals surface area (Å²) in [5, 5.41) is 2.70. The van der Waals surface area contributed by atoms with E-state index in [2.05, 4.69) is 41.2 Å². The van der Waals surface area contributed by atoms with Crippen LogP contribution in [-0.2, 0) is 4.79 Å². The molecule has 0 aliphatic rings. The van der Waals surface area contributed by atoms with Gasteiger partial charge in [-0.15, -0.1) is 0 Å². The molecule has 9 heteroatoms. The normalized spacial score (nSPS) is 10.9. The summed E-state index contributed by atoms with van der Waals surface area (Å²) < 4.78 is 5.75. The van der Waals surface area contributed by atoms with E-state index in [1.807, 2.05) is 19.1 Å². The molecule has 0 atom stereocenters. The molecule has 0 bridgehead atoms. The van der Waals surface area contributed by atoms with Crippen LogP contribution in [0.3, 0.4) is 0 Å². The third kappa shape index (κ3) is 4.11. The fraction of sp³-hybridized carbons (Fsp3) is 0.174. The summed E-state index contributed by atoms with van der Waals surface area (Å²) >= 11 is 3.44. The summed E-state index contributed by atoms with van der Waals surface area (Å²) in [5.74, 6) is 0.695. The fourth-order valence-corrected chi connectivity index (χ4v) is 3.93. The Bertz CT molecular complexity index is 1330. The number of halogens is 1. The van der Waals surface area contributed by atoms with Crippen LogP contribution in [0.2, 0.25) is 0 Å². The van der Waals surface area contributed by atoms with E-state index >= 15 is 0 Å². The highest BCUT2D eigenvalue weighted by atomic mass is 79.9. The van der Waals surface area contributed by atoms with E-state index < -0.39 is 0 Å². The first-order valence-corrected chi connectivity index (χ1v) is 10.7. The van der Waals surface area contributed by atoms with Gasteiger partial charge >= 0.3 is 0 Å². The molecule has 32 heavy (non-hydrogen) atoms. The van der Waals surface area contributed by atoms with Gasteiger partial charge in [0.15, 0.2) is 5.78 Å². The van der Waals surface area contributed by atoms with Crippen molar-refractivity contribution in [3.05, 3.63) is 52.9 Å². The van der Waals surface area contributed by atoms with Crippen LogP contribution >= 0.6 is 15.9 Å². The average molecular weight is 494 g/mol. The number of rotatable bonds is 6. The lowest BCUT2D eigenvalue weighted by Crippen LogP contribution is -2.07. The number of amides is 1. The van der Waals surface area contributed by atoms with E-state index in [1.54, 1.807) is 37.7 Å². The number of nitrogens with one attached hydrogen (secondary N) is 2. The number of aromatic nitrogens is 4. The Morgan fingerprint density at radius 1 is 1.16 bits per heavy atom. The van der Waals surface area contributed by atoms with Gasteiger partial charge in [0.1, 0.15) is 10.4 Å². The zero-order valence-electron chi connectivity index (χ0n) is 17.7. The Hall–Kier alpha value is -3.59. The highest BCUT2D eigenvalue weighted by molar-refractivity contribution is 9.10. The first-order valence-electron chi connectivity index (χ1n) is 9.91.